The van der Waals surface area contributed by atoms with Gasteiger partial charge >= 0.3 is 0 Å². The Kier molecular flexibility index (Phi) is 3.78. The molecule has 2 atom stereocenters. The Labute approximate surface area is 92.1 Å². The lowest BCUT2D eigenvalue weighted by Crippen LogP contribution is -2.20. The van der Waals surface area contributed by atoms with Crippen LogP contribution in [-0.2, 0) is 7.05 Å². The molecule has 14 heavy (non-hydrogen) atoms. The van der Waals surface area contributed by atoms with Gasteiger partial charge in [-0.15, -0.1) is 11.6 Å². The minimum absolute atomic E-state index is 0.0498. The van der Waals surface area contributed by atoms with Gasteiger partial charge in [0.2, 0.25) is 0 Å². The van der Waals surface area contributed by atoms with Gasteiger partial charge in [-0.05, 0) is 6.92 Å². The van der Waals surface area contributed by atoms with Gasteiger partial charge in [-0.1, -0.05) is 11.6 Å². The number of aliphatic hydroxyl groups is 2. The van der Waals surface area contributed by atoms with Crippen molar-refractivity contribution in [2.75, 3.05) is 5.88 Å². The zero-order valence-electron chi connectivity index (χ0n) is 7.91. The van der Waals surface area contributed by atoms with E-state index in [1.807, 2.05) is 0 Å². The second-order valence-electron chi connectivity index (χ2n) is 3.08. The summed E-state index contributed by atoms with van der Waals surface area (Å²) in [5, 5.41) is 23.4. The Morgan fingerprint density at radius 1 is 1.50 bits per heavy atom. The van der Waals surface area contributed by atoms with Gasteiger partial charge in [0.05, 0.1) is 17.7 Å². The molecule has 0 aromatic carbocycles. The van der Waals surface area contributed by atoms with Crippen LogP contribution in [-0.4, -0.2) is 32.0 Å². The highest BCUT2D eigenvalue weighted by molar-refractivity contribution is 6.30. The second kappa shape index (κ2) is 4.49. The molecular weight excluding hydrogens is 227 g/mol. The minimum Gasteiger partial charge on any atom is -0.389 e. The number of alkyl halides is 1. The molecule has 0 spiro atoms. The van der Waals surface area contributed by atoms with Crippen LogP contribution in [0.15, 0.2) is 0 Å². The molecule has 4 nitrogen and oxygen atoms in total. The quantitative estimate of drug-likeness (QED) is 0.774. The van der Waals surface area contributed by atoms with E-state index in [1.165, 1.54) is 4.68 Å². The summed E-state index contributed by atoms with van der Waals surface area (Å²) in [4.78, 5) is 0. The topological polar surface area (TPSA) is 58.3 Å². The van der Waals surface area contributed by atoms with Crippen LogP contribution in [0.5, 0.6) is 0 Å². The molecular formula is C8H12Cl2N2O2. The van der Waals surface area contributed by atoms with Gasteiger partial charge in [-0.25, -0.2) is 0 Å². The maximum Gasteiger partial charge on any atom is 0.132 e. The molecule has 0 amide bonds. The zero-order chi connectivity index (χ0) is 10.9. The van der Waals surface area contributed by atoms with E-state index in [1.54, 1.807) is 14.0 Å². The first-order valence-corrected chi connectivity index (χ1v) is 5.01. The number of aryl methyl sites for hydroxylation is 2. The monoisotopic (exact) mass is 238 g/mol. The van der Waals surface area contributed by atoms with Gasteiger partial charge in [-0.3, -0.25) is 4.68 Å². The van der Waals surface area contributed by atoms with Crippen LogP contribution in [0, 0.1) is 6.92 Å². The Bertz CT molecular complexity index is 327. The number of hydrogen-bond acceptors (Lipinski definition) is 3. The van der Waals surface area contributed by atoms with Crippen molar-refractivity contribution in [3.63, 3.8) is 0 Å². The fraction of sp³-hybridized carbons (Fsp3) is 0.625. The van der Waals surface area contributed by atoms with Crippen molar-refractivity contribution >= 4 is 23.2 Å². The van der Waals surface area contributed by atoms with Crippen molar-refractivity contribution in [2.24, 2.45) is 7.05 Å². The first-order valence-electron chi connectivity index (χ1n) is 4.10. The molecule has 2 N–H and O–H groups in total. The number of aromatic nitrogens is 2. The standard InChI is InChI=1S/C8H12Cl2N2O2/c1-4-6(7(14)5(13)3-9)8(10)12(2)11-4/h5,7,13-14H,3H2,1-2H3. The number of rotatable bonds is 3. The van der Waals surface area contributed by atoms with Gasteiger partial charge in [-0.2, -0.15) is 5.10 Å². The third kappa shape index (κ3) is 2.03. The fourth-order valence-electron chi connectivity index (χ4n) is 1.26. The summed E-state index contributed by atoms with van der Waals surface area (Å²) < 4.78 is 1.44. The van der Waals surface area contributed by atoms with Crippen molar-refractivity contribution in [2.45, 2.75) is 19.1 Å². The number of hydrogen-bond donors (Lipinski definition) is 2. The van der Waals surface area contributed by atoms with Crippen LogP contribution in [0.4, 0.5) is 0 Å². The largest absolute Gasteiger partial charge is 0.389 e. The minimum atomic E-state index is -1.09. The van der Waals surface area contributed by atoms with Crippen molar-refractivity contribution in [1.82, 2.24) is 9.78 Å². The Balaban J connectivity index is 3.05. The number of halogens is 2. The van der Waals surface area contributed by atoms with E-state index in [0.29, 0.717) is 16.4 Å². The SMILES string of the molecule is Cc1nn(C)c(Cl)c1C(O)C(O)CCl. The maximum absolute atomic E-state index is 9.69. The third-order valence-corrected chi connectivity index (χ3v) is 2.78. The highest BCUT2D eigenvalue weighted by Crippen LogP contribution is 2.28. The third-order valence-electron chi connectivity index (χ3n) is 2.01. The van der Waals surface area contributed by atoms with Gasteiger partial charge in [0.1, 0.15) is 11.3 Å². The van der Waals surface area contributed by atoms with E-state index in [9.17, 15) is 10.2 Å². The fourth-order valence-corrected chi connectivity index (χ4v) is 1.71. The molecule has 1 aromatic heterocycles. The van der Waals surface area contributed by atoms with E-state index in [-0.39, 0.29) is 5.88 Å². The van der Waals surface area contributed by atoms with Crippen LogP contribution in [0.3, 0.4) is 0 Å². The molecule has 0 aliphatic rings. The summed E-state index contributed by atoms with van der Waals surface area (Å²) >= 11 is 11.3. The lowest BCUT2D eigenvalue weighted by Gasteiger charge is -2.15. The molecule has 2 unspecified atom stereocenters. The van der Waals surface area contributed by atoms with Gasteiger partial charge in [0.15, 0.2) is 0 Å². The van der Waals surface area contributed by atoms with Crippen molar-refractivity contribution < 1.29 is 10.2 Å². The predicted octanol–water partition coefficient (Wildman–Crippen LogP) is 1.02. The van der Waals surface area contributed by atoms with Crippen LogP contribution in [0.25, 0.3) is 0 Å². The Morgan fingerprint density at radius 3 is 2.43 bits per heavy atom. The smallest absolute Gasteiger partial charge is 0.132 e. The molecule has 1 aromatic rings. The van der Waals surface area contributed by atoms with Crippen LogP contribution in [0.1, 0.15) is 17.4 Å². The summed E-state index contributed by atoms with van der Waals surface area (Å²) in [7, 11) is 1.67. The van der Waals surface area contributed by atoms with Gasteiger partial charge in [0, 0.05) is 12.6 Å². The molecule has 80 valence electrons. The van der Waals surface area contributed by atoms with Crippen molar-refractivity contribution in [3.8, 4) is 0 Å². The lowest BCUT2D eigenvalue weighted by molar-refractivity contribution is 0.0323. The average molecular weight is 239 g/mol. The highest BCUT2D eigenvalue weighted by Gasteiger charge is 2.25. The summed E-state index contributed by atoms with van der Waals surface area (Å²) in [6.45, 7) is 1.71. The van der Waals surface area contributed by atoms with E-state index >= 15 is 0 Å². The molecule has 0 fully saturated rings. The number of aliphatic hydroxyl groups excluding tert-OH is 2. The Morgan fingerprint density at radius 2 is 2.07 bits per heavy atom. The van der Waals surface area contributed by atoms with E-state index in [2.05, 4.69) is 5.10 Å². The number of nitrogens with zero attached hydrogens (tertiary/aromatic N) is 2. The second-order valence-corrected chi connectivity index (χ2v) is 3.75. The summed E-state index contributed by atoms with van der Waals surface area (Å²) in [5.74, 6) is -0.0498. The first-order chi connectivity index (χ1) is 6.49. The zero-order valence-corrected chi connectivity index (χ0v) is 9.42. The van der Waals surface area contributed by atoms with Gasteiger partial charge < -0.3 is 10.2 Å². The Hall–Kier alpha value is -0.290. The molecule has 6 heteroatoms. The molecule has 1 heterocycles. The van der Waals surface area contributed by atoms with Crippen LogP contribution >= 0.6 is 23.2 Å². The van der Waals surface area contributed by atoms with Gasteiger partial charge in [0.25, 0.3) is 0 Å². The first kappa shape index (κ1) is 11.8. The highest BCUT2D eigenvalue weighted by atomic mass is 35.5. The van der Waals surface area contributed by atoms with E-state index in [0.717, 1.165) is 0 Å². The molecule has 0 saturated heterocycles. The lowest BCUT2D eigenvalue weighted by atomic mass is 10.1. The van der Waals surface area contributed by atoms with Crippen molar-refractivity contribution in [1.29, 1.82) is 0 Å². The summed E-state index contributed by atoms with van der Waals surface area (Å²) in [6, 6.07) is 0. The predicted molar refractivity (Wildman–Crippen MR) is 54.6 cm³/mol. The molecule has 0 saturated carbocycles. The van der Waals surface area contributed by atoms with Crippen molar-refractivity contribution in [3.05, 3.63) is 16.4 Å². The molecule has 0 aliphatic carbocycles. The molecule has 0 radical (unpaired) electrons. The summed E-state index contributed by atoms with van der Waals surface area (Å²) in [5.41, 5.74) is 1.02. The summed E-state index contributed by atoms with van der Waals surface area (Å²) in [6.07, 6.45) is -2.12. The van der Waals surface area contributed by atoms with E-state index < -0.39 is 12.2 Å². The molecule has 1 rings (SSSR count). The molecule has 0 bridgehead atoms. The van der Waals surface area contributed by atoms with E-state index in [4.69, 9.17) is 23.2 Å². The average Bonchev–Trinajstić information content (AvgIpc) is 2.39. The molecule has 0 aliphatic heterocycles. The van der Waals surface area contributed by atoms with Crippen LogP contribution in [0.2, 0.25) is 5.15 Å². The normalized spacial score (nSPS) is 15.6. The maximum atomic E-state index is 9.69. The van der Waals surface area contributed by atoms with Crippen LogP contribution < -0.4 is 0 Å².